The SMILES string of the molecule is COC1COC2C(Oc3nc4nc(-c5ccc(-c6ccccc6)cc5)c(Cl)cc4[nH]3)COC12. The van der Waals surface area contributed by atoms with Crippen LogP contribution in [0.25, 0.3) is 33.5 Å². The van der Waals surface area contributed by atoms with E-state index in [4.69, 9.17) is 35.5 Å². The Morgan fingerprint density at radius 3 is 2.30 bits per heavy atom. The van der Waals surface area contributed by atoms with Crippen LogP contribution in [-0.4, -0.2) is 59.7 Å². The number of fused-ring (bicyclic) bond motifs is 2. The van der Waals surface area contributed by atoms with E-state index in [1.807, 2.05) is 36.4 Å². The largest absolute Gasteiger partial charge is 0.456 e. The summed E-state index contributed by atoms with van der Waals surface area (Å²) in [6.07, 6.45) is -0.646. The van der Waals surface area contributed by atoms with Crippen LogP contribution in [0.5, 0.6) is 6.01 Å². The van der Waals surface area contributed by atoms with E-state index in [9.17, 15) is 0 Å². The van der Waals surface area contributed by atoms with Gasteiger partial charge in [-0.2, -0.15) is 4.98 Å². The number of halogens is 1. The molecule has 4 heterocycles. The summed E-state index contributed by atoms with van der Waals surface area (Å²) < 4.78 is 23.1. The van der Waals surface area contributed by atoms with Crippen molar-refractivity contribution in [3.63, 3.8) is 0 Å². The average Bonchev–Trinajstić information content (AvgIpc) is 3.55. The molecule has 33 heavy (non-hydrogen) atoms. The number of hydrogen-bond donors (Lipinski definition) is 1. The second-order valence-corrected chi connectivity index (χ2v) is 8.61. The van der Waals surface area contributed by atoms with Crippen LogP contribution >= 0.6 is 11.6 Å². The second kappa shape index (κ2) is 8.43. The second-order valence-electron chi connectivity index (χ2n) is 8.20. The standard InChI is InChI=1S/C25H22ClN3O4/c1-30-19-12-31-23-20(13-32-22(19)23)33-25-27-18-11-17(26)21(28-24(18)29-25)16-9-7-15(8-10-16)14-5-3-2-4-6-14/h2-11,19-20,22-23H,12-13H2,1H3,(H,27,28,29). The van der Waals surface area contributed by atoms with Gasteiger partial charge in [0.1, 0.15) is 18.3 Å². The molecule has 0 aliphatic carbocycles. The third-order valence-corrected chi connectivity index (χ3v) is 6.49. The van der Waals surface area contributed by atoms with Crippen molar-refractivity contribution in [2.75, 3.05) is 20.3 Å². The van der Waals surface area contributed by atoms with Crippen molar-refractivity contribution >= 4 is 22.8 Å². The van der Waals surface area contributed by atoms with Gasteiger partial charge in [0.25, 0.3) is 6.01 Å². The zero-order valence-electron chi connectivity index (χ0n) is 17.9. The van der Waals surface area contributed by atoms with E-state index in [0.29, 0.717) is 41.1 Å². The highest BCUT2D eigenvalue weighted by atomic mass is 35.5. The first kappa shape index (κ1) is 20.6. The zero-order valence-corrected chi connectivity index (χ0v) is 18.7. The van der Waals surface area contributed by atoms with Crippen LogP contribution in [0.2, 0.25) is 5.02 Å². The minimum absolute atomic E-state index is 0.0735. The Labute approximate surface area is 195 Å². The van der Waals surface area contributed by atoms with Crippen LogP contribution in [0.15, 0.2) is 60.7 Å². The molecule has 2 aromatic heterocycles. The first-order chi connectivity index (χ1) is 16.2. The predicted octanol–water partition coefficient (Wildman–Crippen LogP) is 4.51. The Kier molecular flexibility index (Phi) is 5.27. The van der Waals surface area contributed by atoms with Crippen molar-refractivity contribution in [1.29, 1.82) is 0 Å². The van der Waals surface area contributed by atoms with Gasteiger partial charge >= 0.3 is 0 Å². The zero-order chi connectivity index (χ0) is 22.4. The summed E-state index contributed by atoms with van der Waals surface area (Å²) >= 11 is 6.57. The maximum Gasteiger partial charge on any atom is 0.296 e. The van der Waals surface area contributed by atoms with Crippen LogP contribution in [0.3, 0.4) is 0 Å². The molecule has 2 aliphatic rings. The number of aromatic nitrogens is 3. The molecule has 0 saturated carbocycles. The third-order valence-electron chi connectivity index (χ3n) is 6.20. The summed E-state index contributed by atoms with van der Waals surface area (Å²) in [5.41, 5.74) is 5.13. The summed E-state index contributed by atoms with van der Waals surface area (Å²) in [5, 5.41) is 0.538. The van der Waals surface area contributed by atoms with Crippen molar-refractivity contribution < 1.29 is 18.9 Å². The number of methoxy groups -OCH3 is 1. The number of hydrogen-bond acceptors (Lipinski definition) is 6. The molecular weight excluding hydrogens is 442 g/mol. The number of rotatable bonds is 5. The topological polar surface area (TPSA) is 78.5 Å². The average molecular weight is 464 g/mol. The summed E-state index contributed by atoms with van der Waals surface area (Å²) in [6.45, 7) is 0.912. The van der Waals surface area contributed by atoms with E-state index in [2.05, 4.69) is 34.2 Å². The van der Waals surface area contributed by atoms with Crippen LogP contribution < -0.4 is 4.74 Å². The number of aromatic amines is 1. The van der Waals surface area contributed by atoms with Gasteiger partial charge < -0.3 is 23.9 Å². The molecule has 1 N–H and O–H groups in total. The Balaban J connectivity index is 1.24. The Morgan fingerprint density at radius 2 is 1.55 bits per heavy atom. The molecule has 4 aromatic rings. The van der Waals surface area contributed by atoms with Crippen molar-refractivity contribution in [1.82, 2.24) is 15.0 Å². The smallest absolute Gasteiger partial charge is 0.296 e. The van der Waals surface area contributed by atoms with Crippen molar-refractivity contribution in [2.45, 2.75) is 24.4 Å². The van der Waals surface area contributed by atoms with Crippen molar-refractivity contribution in [2.24, 2.45) is 0 Å². The molecule has 0 radical (unpaired) electrons. The van der Waals surface area contributed by atoms with Crippen LogP contribution in [-0.2, 0) is 14.2 Å². The molecule has 0 spiro atoms. The van der Waals surface area contributed by atoms with E-state index in [-0.39, 0.29) is 24.4 Å². The number of ether oxygens (including phenoxy) is 4. The van der Waals surface area contributed by atoms with Gasteiger partial charge in [-0.3, -0.25) is 0 Å². The molecule has 2 aromatic carbocycles. The normalized spacial score (nSPS) is 24.3. The summed E-state index contributed by atoms with van der Waals surface area (Å²) in [4.78, 5) is 12.4. The quantitative estimate of drug-likeness (QED) is 0.469. The summed E-state index contributed by atoms with van der Waals surface area (Å²) in [5.74, 6) is 0. The lowest BCUT2D eigenvalue weighted by Crippen LogP contribution is -2.35. The summed E-state index contributed by atoms with van der Waals surface area (Å²) in [7, 11) is 1.66. The van der Waals surface area contributed by atoms with Gasteiger partial charge in [-0.05, 0) is 17.2 Å². The molecule has 168 valence electrons. The Bertz CT molecular complexity index is 1280. The van der Waals surface area contributed by atoms with Gasteiger partial charge in [-0.1, -0.05) is 66.2 Å². The lowest BCUT2D eigenvalue weighted by molar-refractivity contribution is -0.0145. The molecule has 4 atom stereocenters. The van der Waals surface area contributed by atoms with Gasteiger partial charge in [0.2, 0.25) is 0 Å². The molecule has 0 bridgehead atoms. The fourth-order valence-corrected chi connectivity index (χ4v) is 4.74. The number of benzene rings is 2. The molecule has 2 fully saturated rings. The molecule has 2 aliphatic heterocycles. The van der Waals surface area contributed by atoms with Gasteiger partial charge in [0.15, 0.2) is 11.8 Å². The maximum atomic E-state index is 6.57. The lowest BCUT2D eigenvalue weighted by Gasteiger charge is -2.15. The number of pyridine rings is 1. The number of nitrogens with zero attached hydrogens (tertiary/aromatic N) is 2. The van der Waals surface area contributed by atoms with E-state index in [0.717, 1.165) is 16.7 Å². The van der Waals surface area contributed by atoms with E-state index in [1.165, 1.54) is 0 Å². The number of nitrogens with one attached hydrogen (secondary N) is 1. The highest BCUT2D eigenvalue weighted by Gasteiger charge is 2.49. The highest BCUT2D eigenvalue weighted by molar-refractivity contribution is 6.33. The fourth-order valence-electron chi connectivity index (χ4n) is 4.48. The highest BCUT2D eigenvalue weighted by Crippen LogP contribution is 2.33. The van der Waals surface area contributed by atoms with E-state index < -0.39 is 0 Å². The van der Waals surface area contributed by atoms with Gasteiger partial charge in [-0.25, -0.2) is 4.98 Å². The summed E-state index contributed by atoms with van der Waals surface area (Å²) in [6, 6.07) is 20.6. The first-order valence-corrected chi connectivity index (χ1v) is 11.2. The van der Waals surface area contributed by atoms with Gasteiger partial charge in [0.05, 0.1) is 29.4 Å². The minimum Gasteiger partial charge on any atom is -0.456 e. The number of H-pyrrole nitrogens is 1. The van der Waals surface area contributed by atoms with Gasteiger partial charge in [-0.15, -0.1) is 0 Å². The van der Waals surface area contributed by atoms with Gasteiger partial charge in [0, 0.05) is 12.7 Å². The lowest BCUT2D eigenvalue weighted by atomic mass is 10.0. The Morgan fingerprint density at radius 1 is 0.879 bits per heavy atom. The van der Waals surface area contributed by atoms with E-state index >= 15 is 0 Å². The molecule has 6 rings (SSSR count). The fraction of sp³-hybridized carbons (Fsp3) is 0.280. The van der Waals surface area contributed by atoms with Crippen LogP contribution in [0.4, 0.5) is 0 Å². The molecule has 8 heteroatoms. The first-order valence-electron chi connectivity index (χ1n) is 10.8. The predicted molar refractivity (Wildman–Crippen MR) is 124 cm³/mol. The Hall–Kier alpha value is -2.97. The molecule has 4 unspecified atom stereocenters. The monoisotopic (exact) mass is 463 g/mol. The van der Waals surface area contributed by atoms with E-state index in [1.54, 1.807) is 7.11 Å². The molecular formula is C25H22ClN3O4. The third kappa shape index (κ3) is 3.77. The van der Waals surface area contributed by atoms with Crippen LogP contribution in [0.1, 0.15) is 0 Å². The minimum atomic E-state index is -0.267. The molecule has 7 nitrogen and oxygen atoms in total. The maximum absolute atomic E-state index is 6.57. The van der Waals surface area contributed by atoms with Crippen molar-refractivity contribution in [3.8, 4) is 28.4 Å². The van der Waals surface area contributed by atoms with Crippen molar-refractivity contribution in [3.05, 3.63) is 65.7 Å². The molecule has 2 saturated heterocycles. The molecule has 0 amide bonds. The number of imidazole rings is 1. The van der Waals surface area contributed by atoms with Crippen LogP contribution in [0, 0.1) is 0 Å².